The van der Waals surface area contributed by atoms with Gasteiger partial charge in [-0.05, 0) is 49.9 Å². The van der Waals surface area contributed by atoms with Gasteiger partial charge in [0.15, 0.2) is 10.8 Å². The number of anilines is 1. The van der Waals surface area contributed by atoms with Gasteiger partial charge in [-0.1, -0.05) is 32.0 Å². The van der Waals surface area contributed by atoms with Crippen LogP contribution in [0, 0.1) is 0 Å². The Labute approximate surface area is 228 Å². The van der Waals surface area contributed by atoms with Crippen LogP contribution in [0.4, 0.5) is 5.82 Å². The molecule has 204 valence electrons. The maximum atomic E-state index is 12.9. The van der Waals surface area contributed by atoms with Crippen LogP contribution in [0.1, 0.15) is 56.3 Å². The van der Waals surface area contributed by atoms with Gasteiger partial charge >= 0.3 is 0 Å². The third kappa shape index (κ3) is 5.81. The quantitative estimate of drug-likeness (QED) is 0.314. The number of piperidine rings is 1. The van der Waals surface area contributed by atoms with E-state index < -0.39 is 10.0 Å². The van der Waals surface area contributed by atoms with Gasteiger partial charge in [0, 0.05) is 43.5 Å². The molecule has 0 unspecified atom stereocenters. The minimum Gasteiger partial charge on any atom is -0.356 e. The molecule has 1 aromatic carbocycles. The summed E-state index contributed by atoms with van der Waals surface area (Å²) in [5, 5.41) is 9.50. The minimum absolute atomic E-state index is 0.225. The lowest BCUT2D eigenvalue weighted by atomic mass is 10.2. The SMILES string of the molecule is CC(C)Sc1nc(N2CCCC2)c2cnn(CCNC(=O)c3ccc(S(=O)(=O)N4CCCCC4)cc3)c2n1. The fourth-order valence-electron chi connectivity index (χ4n) is 4.93. The summed E-state index contributed by atoms with van der Waals surface area (Å²) in [6.45, 7) is 8.13. The van der Waals surface area contributed by atoms with Crippen molar-refractivity contribution in [3.8, 4) is 0 Å². The van der Waals surface area contributed by atoms with Crippen LogP contribution in [0.25, 0.3) is 11.0 Å². The summed E-state index contributed by atoms with van der Waals surface area (Å²) in [6, 6.07) is 6.18. The molecule has 4 heterocycles. The average molecular weight is 558 g/mol. The van der Waals surface area contributed by atoms with E-state index in [1.165, 1.54) is 16.4 Å². The monoisotopic (exact) mass is 557 g/mol. The Hall–Kier alpha value is -2.70. The van der Waals surface area contributed by atoms with Gasteiger partial charge in [0.05, 0.1) is 23.0 Å². The number of rotatable bonds is 9. The Balaban J connectivity index is 1.25. The zero-order chi connectivity index (χ0) is 26.7. The smallest absolute Gasteiger partial charge is 0.251 e. The molecule has 2 aliphatic heterocycles. The number of benzene rings is 1. The van der Waals surface area contributed by atoms with Gasteiger partial charge in [-0.25, -0.2) is 23.1 Å². The fourth-order valence-corrected chi connectivity index (χ4v) is 7.15. The molecule has 3 aromatic rings. The second-order valence-corrected chi connectivity index (χ2v) is 13.5. The molecule has 2 saturated heterocycles. The highest BCUT2D eigenvalue weighted by Crippen LogP contribution is 2.30. The third-order valence-corrected chi connectivity index (χ3v) is 9.66. The normalized spacial score (nSPS) is 17.0. The first-order valence-corrected chi connectivity index (χ1v) is 15.7. The summed E-state index contributed by atoms with van der Waals surface area (Å²) in [4.78, 5) is 24.9. The molecule has 0 radical (unpaired) electrons. The van der Waals surface area contributed by atoms with E-state index in [0.29, 0.717) is 37.0 Å². The fraction of sp³-hybridized carbons (Fsp3) is 0.538. The number of sulfonamides is 1. The van der Waals surface area contributed by atoms with E-state index in [0.717, 1.165) is 67.2 Å². The number of hydrogen-bond donors (Lipinski definition) is 1. The lowest BCUT2D eigenvalue weighted by molar-refractivity contribution is 0.0952. The molecule has 0 aliphatic carbocycles. The maximum absolute atomic E-state index is 12.9. The number of hydrogen-bond acceptors (Lipinski definition) is 8. The van der Waals surface area contributed by atoms with Crippen molar-refractivity contribution in [1.82, 2.24) is 29.4 Å². The van der Waals surface area contributed by atoms with Gasteiger partial charge in [0.25, 0.3) is 5.91 Å². The van der Waals surface area contributed by atoms with E-state index in [1.807, 2.05) is 10.9 Å². The van der Waals surface area contributed by atoms with E-state index in [1.54, 1.807) is 23.9 Å². The van der Waals surface area contributed by atoms with Gasteiger partial charge in [0.1, 0.15) is 5.82 Å². The molecule has 1 amide bonds. The summed E-state index contributed by atoms with van der Waals surface area (Å²) in [6.07, 6.45) is 6.96. The highest BCUT2D eigenvalue weighted by atomic mass is 32.2. The van der Waals surface area contributed by atoms with Crippen molar-refractivity contribution >= 4 is 44.5 Å². The number of carbonyl (C=O) groups excluding carboxylic acids is 1. The Morgan fingerprint density at radius 2 is 1.68 bits per heavy atom. The predicted molar refractivity (Wildman–Crippen MR) is 149 cm³/mol. The van der Waals surface area contributed by atoms with Crippen molar-refractivity contribution in [3.05, 3.63) is 36.0 Å². The van der Waals surface area contributed by atoms with Gasteiger partial charge in [-0.2, -0.15) is 9.40 Å². The van der Waals surface area contributed by atoms with Crippen molar-refractivity contribution in [2.45, 2.75) is 67.8 Å². The Kier molecular flexibility index (Phi) is 8.20. The summed E-state index contributed by atoms with van der Waals surface area (Å²) >= 11 is 1.63. The van der Waals surface area contributed by atoms with E-state index in [2.05, 4.69) is 29.2 Å². The van der Waals surface area contributed by atoms with E-state index >= 15 is 0 Å². The van der Waals surface area contributed by atoms with Gasteiger partial charge in [-0.3, -0.25) is 4.79 Å². The third-order valence-electron chi connectivity index (χ3n) is 6.88. The Morgan fingerprint density at radius 1 is 1.00 bits per heavy atom. The minimum atomic E-state index is -3.52. The molecule has 1 N–H and O–H groups in total. The number of nitrogens with zero attached hydrogens (tertiary/aromatic N) is 6. The highest BCUT2D eigenvalue weighted by molar-refractivity contribution is 7.99. The Morgan fingerprint density at radius 3 is 2.37 bits per heavy atom. The zero-order valence-corrected chi connectivity index (χ0v) is 23.6. The van der Waals surface area contributed by atoms with Crippen molar-refractivity contribution in [2.24, 2.45) is 0 Å². The lowest BCUT2D eigenvalue weighted by Crippen LogP contribution is -2.35. The molecule has 2 aliphatic rings. The zero-order valence-electron chi connectivity index (χ0n) is 22.0. The topological polar surface area (TPSA) is 113 Å². The summed E-state index contributed by atoms with van der Waals surface area (Å²) in [5.74, 6) is 0.678. The Bertz CT molecular complexity index is 1380. The molecule has 38 heavy (non-hydrogen) atoms. The van der Waals surface area contributed by atoms with E-state index in [9.17, 15) is 13.2 Å². The second-order valence-electron chi connectivity index (χ2n) is 10.0. The molecule has 2 aromatic heterocycles. The average Bonchev–Trinajstić information content (AvgIpc) is 3.59. The van der Waals surface area contributed by atoms with Crippen LogP contribution in [0.3, 0.4) is 0 Å². The van der Waals surface area contributed by atoms with Crippen LogP contribution in [0.5, 0.6) is 0 Å². The van der Waals surface area contributed by atoms with Gasteiger partial charge in [-0.15, -0.1) is 0 Å². The number of amides is 1. The van der Waals surface area contributed by atoms with Gasteiger partial charge in [0.2, 0.25) is 10.0 Å². The van der Waals surface area contributed by atoms with Crippen molar-refractivity contribution in [2.75, 3.05) is 37.6 Å². The standard InChI is InChI=1S/C26H35N7O3S2/c1-19(2)37-26-29-23(31-13-6-7-14-31)22-18-28-33(24(22)30-26)17-12-27-25(34)20-8-10-21(11-9-20)38(35,36)32-15-4-3-5-16-32/h8-11,18-19H,3-7,12-17H2,1-2H3,(H,27,34). The molecule has 2 fully saturated rings. The molecule has 12 heteroatoms. The van der Waals surface area contributed by atoms with Crippen LogP contribution in [0.2, 0.25) is 0 Å². The number of aromatic nitrogens is 4. The first kappa shape index (κ1) is 26.9. The van der Waals surface area contributed by atoms with Crippen LogP contribution in [-0.4, -0.2) is 76.4 Å². The molecule has 0 atom stereocenters. The molecule has 10 nitrogen and oxygen atoms in total. The highest BCUT2D eigenvalue weighted by Gasteiger charge is 2.26. The van der Waals surface area contributed by atoms with Crippen LogP contribution in [0.15, 0.2) is 40.5 Å². The molecular formula is C26H35N7O3S2. The first-order chi connectivity index (χ1) is 18.3. The number of nitrogens with one attached hydrogen (secondary N) is 1. The summed E-state index contributed by atoms with van der Waals surface area (Å²) in [7, 11) is -3.52. The van der Waals surface area contributed by atoms with E-state index in [-0.39, 0.29) is 10.8 Å². The van der Waals surface area contributed by atoms with Crippen LogP contribution in [-0.2, 0) is 16.6 Å². The van der Waals surface area contributed by atoms with Crippen LogP contribution < -0.4 is 10.2 Å². The summed E-state index contributed by atoms with van der Waals surface area (Å²) < 4.78 is 29.1. The number of thioether (sulfide) groups is 1. The molecule has 5 rings (SSSR count). The van der Waals surface area contributed by atoms with Crippen molar-refractivity contribution < 1.29 is 13.2 Å². The molecular weight excluding hydrogens is 522 g/mol. The number of fused-ring (bicyclic) bond motifs is 1. The number of carbonyl (C=O) groups is 1. The van der Waals surface area contributed by atoms with Crippen molar-refractivity contribution in [1.29, 1.82) is 0 Å². The predicted octanol–water partition coefficient (Wildman–Crippen LogP) is 3.53. The second kappa shape index (κ2) is 11.6. The molecule has 0 spiro atoms. The maximum Gasteiger partial charge on any atom is 0.251 e. The molecule has 0 bridgehead atoms. The largest absolute Gasteiger partial charge is 0.356 e. The van der Waals surface area contributed by atoms with E-state index in [4.69, 9.17) is 9.97 Å². The lowest BCUT2D eigenvalue weighted by Gasteiger charge is -2.25. The van der Waals surface area contributed by atoms with Crippen LogP contribution >= 0.6 is 11.8 Å². The first-order valence-electron chi connectivity index (χ1n) is 13.4. The van der Waals surface area contributed by atoms with Gasteiger partial charge < -0.3 is 10.2 Å². The van der Waals surface area contributed by atoms with Crippen molar-refractivity contribution in [3.63, 3.8) is 0 Å². The summed E-state index contributed by atoms with van der Waals surface area (Å²) in [5.41, 5.74) is 1.19. The molecule has 0 saturated carbocycles.